The summed E-state index contributed by atoms with van der Waals surface area (Å²) in [6.45, 7) is 12.4. The van der Waals surface area contributed by atoms with Crippen LogP contribution in [0.4, 0.5) is 0 Å². The van der Waals surface area contributed by atoms with Gasteiger partial charge in [-0.05, 0) is 57.8 Å². The maximum Gasteiger partial charge on any atom is -0.00190 e. The van der Waals surface area contributed by atoms with E-state index in [-0.39, 0.29) is 0 Å². The Morgan fingerprint density at radius 2 is 1.88 bits per heavy atom. The van der Waals surface area contributed by atoms with Crippen molar-refractivity contribution < 1.29 is 0 Å². The molecule has 0 aromatic rings. The van der Waals surface area contributed by atoms with Crippen molar-refractivity contribution >= 4 is 0 Å². The summed E-state index contributed by atoms with van der Waals surface area (Å²) >= 11 is 0. The van der Waals surface area contributed by atoms with Crippen molar-refractivity contribution in [1.29, 1.82) is 0 Å². The van der Waals surface area contributed by atoms with E-state index in [1.165, 1.54) is 37.9 Å². The fraction of sp³-hybridized carbons (Fsp3) is 0.625. The molecular formula is C16H29N. The molecule has 1 fully saturated rings. The van der Waals surface area contributed by atoms with Crippen molar-refractivity contribution in [3.8, 4) is 0 Å². The predicted octanol–water partition coefficient (Wildman–Crippen LogP) is 4.43. The minimum absolute atomic E-state index is 0.857. The molecule has 0 N–H and O–H groups in total. The molecule has 1 aliphatic heterocycles. The smallest absolute Gasteiger partial charge is 0.00190 e. The van der Waals surface area contributed by atoms with Crippen LogP contribution < -0.4 is 0 Å². The number of nitrogens with zero attached hydrogens (tertiary/aromatic N) is 1. The summed E-state index contributed by atoms with van der Waals surface area (Å²) in [5, 5.41) is 0. The molecule has 1 nitrogen and oxygen atoms in total. The maximum absolute atomic E-state index is 3.88. The van der Waals surface area contributed by atoms with Gasteiger partial charge in [-0.15, -0.1) is 0 Å². The molecule has 1 rings (SSSR count). The van der Waals surface area contributed by atoms with Gasteiger partial charge in [0, 0.05) is 0 Å². The average Bonchev–Trinajstić information content (AvgIpc) is 2.39. The summed E-state index contributed by atoms with van der Waals surface area (Å²) in [6.07, 6.45) is 12.2. The molecule has 0 spiro atoms. The third-order valence-electron chi connectivity index (χ3n) is 3.13. The van der Waals surface area contributed by atoms with Gasteiger partial charge in [-0.3, -0.25) is 0 Å². The van der Waals surface area contributed by atoms with Crippen molar-refractivity contribution in [3.05, 3.63) is 36.5 Å². The van der Waals surface area contributed by atoms with E-state index in [0.717, 1.165) is 5.92 Å². The van der Waals surface area contributed by atoms with Gasteiger partial charge in [0.1, 0.15) is 0 Å². The van der Waals surface area contributed by atoms with Crippen LogP contribution in [-0.2, 0) is 0 Å². The first-order valence-electron chi connectivity index (χ1n) is 6.89. The molecule has 0 amide bonds. The molecular weight excluding hydrogens is 206 g/mol. The average molecular weight is 235 g/mol. The monoisotopic (exact) mass is 235 g/mol. The Morgan fingerprint density at radius 1 is 1.29 bits per heavy atom. The zero-order valence-corrected chi connectivity index (χ0v) is 12.1. The SMILES string of the molecule is C=C/C(=C\C=C/C)CC1CCN(C)CC1.CC. The van der Waals surface area contributed by atoms with Crippen molar-refractivity contribution in [1.82, 2.24) is 4.90 Å². The van der Waals surface area contributed by atoms with Gasteiger partial charge in [0.2, 0.25) is 0 Å². The quantitative estimate of drug-likeness (QED) is 0.651. The molecule has 1 aliphatic rings. The van der Waals surface area contributed by atoms with Crippen LogP contribution in [0.5, 0.6) is 0 Å². The molecule has 0 radical (unpaired) electrons. The summed E-state index contributed by atoms with van der Waals surface area (Å²) < 4.78 is 0. The molecule has 0 aromatic carbocycles. The molecule has 98 valence electrons. The van der Waals surface area contributed by atoms with Gasteiger partial charge in [-0.1, -0.05) is 44.7 Å². The minimum Gasteiger partial charge on any atom is -0.306 e. The van der Waals surface area contributed by atoms with Crippen LogP contribution in [0, 0.1) is 5.92 Å². The van der Waals surface area contributed by atoms with Crippen molar-refractivity contribution in [2.75, 3.05) is 20.1 Å². The highest BCUT2D eigenvalue weighted by Gasteiger charge is 2.16. The van der Waals surface area contributed by atoms with E-state index < -0.39 is 0 Å². The van der Waals surface area contributed by atoms with E-state index in [0.29, 0.717) is 0 Å². The molecule has 0 saturated carbocycles. The van der Waals surface area contributed by atoms with Gasteiger partial charge in [0.05, 0.1) is 0 Å². The van der Waals surface area contributed by atoms with Crippen molar-refractivity contribution in [3.63, 3.8) is 0 Å². The summed E-state index contributed by atoms with van der Waals surface area (Å²) in [5.74, 6) is 0.857. The van der Waals surface area contributed by atoms with Gasteiger partial charge in [-0.25, -0.2) is 0 Å². The normalized spacial score (nSPS) is 18.9. The number of rotatable bonds is 4. The Morgan fingerprint density at radius 3 is 2.35 bits per heavy atom. The number of hydrogen-bond acceptors (Lipinski definition) is 1. The van der Waals surface area contributed by atoms with Gasteiger partial charge in [-0.2, -0.15) is 0 Å². The highest BCUT2D eigenvalue weighted by Crippen LogP contribution is 2.23. The van der Waals surface area contributed by atoms with Gasteiger partial charge in [0.15, 0.2) is 0 Å². The Labute approximate surface area is 108 Å². The van der Waals surface area contributed by atoms with E-state index in [1.807, 2.05) is 26.8 Å². The summed E-state index contributed by atoms with van der Waals surface area (Å²) in [5.41, 5.74) is 1.38. The predicted molar refractivity (Wildman–Crippen MR) is 79.3 cm³/mol. The third-order valence-corrected chi connectivity index (χ3v) is 3.13. The fourth-order valence-electron chi connectivity index (χ4n) is 2.04. The van der Waals surface area contributed by atoms with E-state index in [2.05, 4.69) is 36.8 Å². The molecule has 1 heterocycles. The Balaban J connectivity index is 0.00000121. The van der Waals surface area contributed by atoms with Crippen molar-refractivity contribution in [2.45, 2.75) is 40.0 Å². The third kappa shape index (κ3) is 7.17. The van der Waals surface area contributed by atoms with Crippen LogP contribution >= 0.6 is 0 Å². The summed E-state index contributed by atoms with van der Waals surface area (Å²) in [4.78, 5) is 2.42. The van der Waals surface area contributed by atoms with Crippen LogP contribution in [0.1, 0.15) is 40.0 Å². The first-order valence-corrected chi connectivity index (χ1v) is 6.89. The molecule has 0 aromatic heterocycles. The first-order chi connectivity index (χ1) is 8.26. The molecule has 17 heavy (non-hydrogen) atoms. The van der Waals surface area contributed by atoms with E-state index in [1.54, 1.807) is 0 Å². The molecule has 0 unspecified atom stereocenters. The lowest BCUT2D eigenvalue weighted by Crippen LogP contribution is -2.30. The van der Waals surface area contributed by atoms with Crippen LogP contribution in [0.25, 0.3) is 0 Å². The standard InChI is InChI=1S/C14H23N.C2H6/c1-4-6-7-13(5-2)12-14-8-10-15(3)11-9-14;1-2/h4-7,14H,2,8-12H2,1,3H3;1-2H3/b6-4-,13-7+;. The minimum atomic E-state index is 0.857. The lowest BCUT2D eigenvalue weighted by atomic mass is 9.90. The molecule has 0 atom stereocenters. The van der Waals surface area contributed by atoms with Crippen LogP contribution in [0.3, 0.4) is 0 Å². The summed E-state index contributed by atoms with van der Waals surface area (Å²) in [6, 6.07) is 0. The Hall–Kier alpha value is -0.820. The van der Waals surface area contributed by atoms with Crippen LogP contribution in [0.2, 0.25) is 0 Å². The maximum atomic E-state index is 3.88. The largest absolute Gasteiger partial charge is 0.306 e. The second-order valence-corrected chi connectivity index (χ2v) is 4.42. The molecule has 0 bridgehead atoms. The van der Waals surface area contributed by atoms with Gasteiger partial charge >= 0.3 is 0 Å². The highest BCUT2D eigenvalue weighted by molar-refractivity contribution is 5.22. The highest BCUT2D eigenvalue weighted by atomic mass is 15.1. The topological polar surface area (TPSA) is 3.24 Å². The number of piperidine rings is 1. The fourth-order valence-corrected chi connectivity index (χ4v) is 2.04. The second kappa shape index (κ2) is 10.3. The zero-order valence-electron chi connectivity index (χ0n) is 12.1. The van der Waals surface area contributed by atoms with Gasteiger partial charge in [0.25, 0.3) is 0 Å². The van der Waals surface area contributed by atoms with E-state index in [4.69, 9.17) is 0 Å². The number of likely N-dealkylation sites (tertiary alicyclic amines) is 1. The molecule has 1 heteroatoms. The lowest BCUT2D eigenvalue weighted by Gasteiger charge is -2.29. The number of allylic oxidation sites excluding steroid dienone is 5. The van der Waals surface area contributed by atoms with Gasteiger partial charge < -0.3 is 4.90 Å². The number of hydrogen-bond donors (Lipinski definition) is 0. The Bertz CT molecular complexity index is 242. The zero-order chi connectivity index (χ0) is 13.1. The second-order valence-electron chi connectivity index (χ2n) is 4.42. The first kappa shape index (κ1) is 16.2. The van der Waals surface area contributed by atoms with Crippen LogP contribution in [0.15, 0.2) is 36.5 Å². The van der Waals surface area contributed by atoms with Crippen molar-refractivity contribution in [2.24, 2.45) is 5.92 Å². The Kier molecular flexibility index (Phi) is 9.84. The molecule has 1 saturated heterocycles. The lowest BCUT2D eigenvalue weighted by molar-refractivity contribution is 0.219. The van der Waals surface area contributed by atoms with Crippen LogP contribution in [-0.4, -0.2) is 25.0 Å². The molecule has 0 aliphatic carbocycles. The van der Waals surface area contributed by atoms with E-state index >= 15 is 0 Å². The summed E-state index contributed by atoms with van der Waals surface area (Å²) in [7, 11) is 2.21. The van der Waals surface area contributed by atoms with E-state index in [9.17, 15) is 0 Å².